The molecule has 1 nitrogen and oxygen atoms in total. The zero-order valence-corrected chi connectivity index (χ0v) is 12.0. The summed E-state index contributed by atoms with van der Waals surface area (Å²) < 4.78 is 0. The Morgan fingerprint density at radius 3 is 2.50 bits per heavy atom. The van der Waals surface area contributed by atoms with Crippen LogP contribution in [0.25, 0.3) is 0 Å². The molecule has 0 spiro atoms. The number of benzene rings is 1. The maximum absolute atomic E-state index is 6.42. The predicted octanol–water partition coefficient (Wildman–Crippen LogP) is 4.56. The van der Waals surface area contributed by atoms with E-state index in [1.54, 1.807) is 0 Å². The average Bonchev–Trinajstić information content (AvgIpc) is 3.05. The van der Waals surface area contributed by atoms with Gasteiger partial charge in [0.25, 0.3) is 0 Å². The third-order valence-corrected chi connectivity index (χ3v) is 4.92. The van der Waals surface area contributed by atoms with E-state index in [2.05, 4.69) is 11.4 Å². The maximum Gasteiger partial charge on any atom is 0.0458 e. The zero-order chi connectivity index (χ0) is 12.6. The smallest absolute Gasteiger partial charge is 0.0458 e. The Kier molecular flexibility index (Phi) is 3.57. The molecule has 0 unspecified atom stereocenters. The quantitative estimate of drug-likeness (QED) is 0.854. The second-order valence-electron chi connectivity index (χ2n) is 5.77. The molecule has 2 aliphatic carbocycles. The lowest BCUT2D eigenvalue weighted by Gasteiger charge is -2.31. The molecule has 2 aliphatic rings. The average molecular weight is 284 g/mol. The largest absolute Gasteiger partial charge is 0.313 e. The molecule has 0 aliphatic heterocycles. The van der Waals surface area contributed by atoms with E-state index in [9.17, 15) is 0 Å². The highest BCUT2D eigenvalue weighted by molar-refractivity contribution is 6.35. The Balaban J connectivity index is 1.86. The van der Waals surface area contributed by atoms with Gasteiger partial charge in [-0.25, -0.2) is 0 Å². The Hall–Kier alpha value is -0.240. The second-order valence-corrected chi connectivity index (χ2v) is 6.61. The Bertz CT molecular complexity index is 434. The molecular formula is C15H19Cl2N. The van der Waals surface area contributed by atoms with E-state index < -0.39 is 0 Å². The fourth-order valence-corrected chi connectivity index (χ4v) is 3.75. The van der Waals surface area contributed by atoms with Crippen LogP contribution in [0.5, 0.6) is 0 Å². The fourth-order valence-electron chi connectivity index (χ4n) is 3.14. The van der Waals surface area contributed by atoms with E-state index in [1.165, 1.54) is 44.1 Å². The van der Waals surface area contributed by atoms with Gasteiger partial charge in [0.1, 0.15) is 0 Å². The number of halogens is 2. The Labute approximate surface area is 119 Å². The van der Waals surface area contributed by atoms with Crippen molar-refractivity contribution in [1.29, 1.82) is 0 Å². The lowest BCUT2D eigenvalue weighted by atomic mass is 9.78. The van der Waals surface area contributed by atoms with Crippen molar-refractivity contribution in [1.82, 2.24) is 5.32 Å². The molecule has 0 radical (unpaired) electrons. The molecule has 98 valence electrons. The molecule has 1 aromatic carbocycles. The minimum atomic E-state index is 0.240. The van der Waals surface area contributed by atoms with Crippen LogP contribution in [-0.4, -0.2) is 12.6 Å². The summed E-state index contributed by atoms with van der Waals surface area (Å²) in [5.74, 6) is 0. The number of hydrogen-bond acceptors (Lipinski definition) is 1. The van der Waals surface area contributed by atoms with E-state index in [0.717, 1.165) is 22.6 Å². The van der Waals surface area contributed by atoms with Gasteiger partial charge in [0.05, 0.1) is 0 Å². The van der Waals surface area contributed by atoms with E-state index in [0.29, 0.717) is 0 Å². The normalized spacial score (nSPS) is 22.3. The summed E-state index contributed by atoms with van der Waals surface area (Å²) in [6, 6.07) is 6.74. The van der Waals surface area contributed by atoms with Crippen LogP contribution in [0.4, 0.5) is 0 Å². The summed E-state index contributed by atoms with van der Waals surface area (Å²) >= 11 is 12.4. The van der Waals surface area contributed by atoms with Crippen LogP contribution in [0.3, 0.4) is 0 Å². The fraction of sp³-hybridized carbons (Fsp3) is 0.600. The lowest BCUT2D eigenvalue weighted by molar-refractivity contribution is 0.403. The summed E-state index contributed by atoms with van der Waals surface area (Å²) in [6.45, 7) is 1.07. The number of rotatable bonds is 4. The zero-order valence-electron chi connectivity index (χ0n) is 10.5. The molecule has 2 saturated carbocycles. The number of hydrogen-bond donors (Lipinski definition) is 1. The van der Waals surface area contributed by atoms with E-state index in [-0.39, 0.29) is 5.41 Å². The van der Waals surface area contributed by atoms with Gasteiger partial charge in [-0.05, 0) is 43.4 Å². The molecule has 0 amide bonds. The third-order valence-electron chi connectivity index (χ3n) is 4.37. The van der Waals surface area contributed by atoms with Crippen LogP contribution in [-0.2, 0) is 5.41 Å². The first-order valence-corrected chi connectivity index (χ1v) is 7.64. The highest BCUT2D eigenvalue weighted by Gasteiger charge is 2.38. The van der Waals surface area contributed by atoms with Crippen LogP contribution < -0.4 is 5.32 Å². The lowest BCUT2D eigenvalue weighted by Crippen LogP contribution is -2.37. The van der Waals surface area contributed by atoms with Crippen LogP contribution >= 0.6 is 23.2 Å². The number of nitrogens with one attached hydrogen (secondary N) is 1. The highest BCUT2D eigenvalue weighted by atomic mass is 35.5. The van der Waals surface area contributed by atoms with Gasteiger partial charge in [0.15, 0.2) is 0 Å². The Morgan fingerprint density at radius 1 is 1.17 bits per heavy atom. The van der Waals surface area contributed by atoms with Crippen molar-refractivity contribution in [2.75, 3.05) is 6.54 Å². The molecule has 2 fully saturated rings. The second kappa shape index (κ2) is 5.03. The van der Waals surface area contributed by atoms with Crippen LogP contribution in [0, 0.1) is 0 Å². The maximum atomic E-state index is 6.42. The van der Waals surface area contributed by atoms with Gasteiger partial charge >= 0.3 is 0 Å². The summed E-state index contributed by atoms with van der Waals surface area (Å²) in [5, 5.41) is 5.25. The van der Waals surface area contributed by atoms with Crippen LogP contribution in [0.2, 0.25) is 10.0 Å². The van der Waals surface area contributed by atoms with Gasteiger partial charge in [-0.15, -0.1) is 0 Å². The van der Waals surface area contributed by atoms with Gasteiger partial charge in [-0.2, -0.15) is 0 Å². The molecule has 1 aromatic rings. The van der Waals surface area contributed by atoms with Crippen molar-refractivity contribution in [3.8, 4) is 0 Å². The van der Waals surface area contributed by atoms with Crippen molar-refractivity contribution in [2.45, 2.75) is 50.0 Å². The van der Waals surface area contributed by atoms with E-state index >= 15 is 0 Å². The van der Waals surface area contributed by atoms with Gasteiger partial charge in [-0.1, -0.05) is 42.1 Å². The SMILES string of the molecule is Clc1ccc(C2(CNC3CC3)CCCC2)c(Cl)c1. The van der Waals surface area contributed by atoms with Crippen molar-refractivity contribution in [3.63, 3.8) is 0 Å². The molecule has 3 rings (SSSR count). The first-order chi connectivity index (χ1) is 8.70. The molecule has 18 heavy (non-hydrogen) atoms. The standard InChI is InChI=1S/C15H19Cl2N/c16-11-3-6-13(14(17)9-11)15(7-1-2-8-15)10-18-12-4-5-12/h3,6,9,12,18H,1-2,4-5,7-8,10H2. The van der Waals surface area contributed by atoms with Crippen LogP contribution in [0.15, 0.2) is 18.2 Å². The molecule has 3 heteroatoms. The molecule has 0 saturated heterocycles. The molecule has 0 atom stereocenters. The van der Waals surface area contributed by atoms with Crippen molar-refractivity contribution >= 4 is 23.2 Å². The van der Waals surface area contributed by atoms with Crippen molar-refractivity contribution in [3.05, 3.63) is 33.8 Å². The molecular weight excluding hydrogens is 265 g/mol. The molecule has 0 aromatic heterocycles. The van der Waals surface area contributed by atoms with Crippen molar-refractivity contribution < 1.29 is 0 Å². The first-order valence-electron chi connectivity index (χ1n) is 6.89. The topological polar surface area (TPSA) is 12.0 Å². The summed E-state index contributed by atoms with van der Waals surface area (Å²) in [6.07, 6.45) is 7.79. The highest BCUT2D eigenvalue weighted by Crippen LogP contribution is 2.44. The van der Waals surface area contributed by atoms with E-state index in [1.807, 2.05) is 12.1 Å². The third kappa shape index (κ3) is 2.54. The first kappa shape index (κ1) is 12.8. The molecule has 0 heterocycles. The molecule has 1 N–H and O–H groups in total. The van der Waals surface area contributed by atoms with Gasteiger partial charge in [-0.3, -0.25) is 0 Å². The van der Waals surface area contributed by atoms with Crippen molar-refractivity contribution in [2.24, 2.45) is 0 Å². The van der Waals surface area contributed by atoms with Gasteiger partial charge in [0.2, 0.25) is 0 Å². The van der Waals surface area contributed by atoms with Crippen LogP contribution in [0.1, 0.15) is 44.1 Å². The Morgan fingerprint density at radius 2 is 1.89 bits per heavy atom. The minimum absolute atomic E-state index is 0.240. The van der Waals surface area contributed by atoms with E-state index in [4.69, 9.17) is 23.2 Å². The minimum Gasteiger partial charge on any atom is -0.313 e. The molecule has 0 bridgehead atoms. The summed E-state index contributed by atoms with van der Waals surface area (Å²) in [7, 11) is 0. The summed E-state index contributed by atoms with van der Waals surface area (Å²) in [5.41, 5.74) is 1.53. The predicted molar refractivity (Wildman–Crippen MR) is 77.6 cm³/mol. The summed E-state index contributed by atoms with van der Waals surface area (Å²) in [4.78, 5) is 0. The monoisotopic (exact) mass is 283 g/mol. The van der Waals surface area contributed by atoms with Gasteiger partial charge < -0.3 is 5.32 Å². The van der Waals surface area contributed by atoms with Gasteiger partial charge in [0, 0.05) is 28.0 Å².